The van der Waals surface area contributed by atoms with E-state index in [0.717, 1.165) is 0 Å². The molecule has 96 valence electrons. The normalized spacial score (nSPS) is 14.4. The van der Waals surface area contributed by atoms with Crippen LogP contribution in [0.3, 0.4) is 0 Å². The zero-order valence-corrected chi connectivity index (χ0v) is 12.0. The van der Waals surface area contributed by atoms with Crippen LogP contribution in [0.1, 0.15) is 36.6 Å². The summed E-state index contributed by atoms with van der Waals surface area (Å²) in [5.41, 5.74) is 0. The highest BCUT2D eigenvalue weighted by Gasteiger charge is 2.23. The van der Waals surface area contributed by atoms with Crippen LogP contribution < -0.4 is 0 Å². The fourth-order valence-electron chi connectivity index (χ4n) is 1.67. The summed E-state index contributed by atoms with van der Waals surface area (Å²) in [7, 11) is 1.83. The van der Waals surface area contributed by atoms with Gasteiger partial charge in [0.15, 0.2) is 0 Å². The van der Waals surface area contributed by atoms with Crippen molar-refractivity contribution in [2.75, 3.05) is 13.7 Å². The molecule has 1 heterocycles. The molecule has 1 aromatic heterocycles. The van der Waals surface area contributed by atoms with Crippen molar-refractivity contribution >= 4 is 17.2 Å². The average molecular weight is 255 g/mol. The van der Waals surface area contributed by atoms with E-state index in [4.69, 9.17) is 4.74 Å². The first kappa shape index (κ1) is 14.2. The number of carbonyl (C=O) groups is 1. The van der Waals surface area contributed by atoms with Gasteiger partial charge in [-0.25, -0.2) is 0 Å². The SMILES string of the molecule is CCOC(C)C(=O)N(C)C(C)c1ccc(C)s1. The van der Waals surface area contributed by atoms with Crippen molar-refractivity contribution in [3.8, 4) is 0 Å². The van der Waals surface area contributed by atoms with E-state index in [1.54, 1.807) is 23.2 Å². The third-order valence-corrected chi connectivity index (χ3v) is 4.04. The lowest BCUT2D eigenvalue weighted by molar-refractivity contribution is -0.142. The largest absolute Gasteiger partial charge is 0.369 e. The topological polar surface area (TPSA) is 29.5 Å². The predicted molar refractivity (Wildman–Crippen MR) is 71.3 cm³/mol. The summed E-state index contributed by atoms with van der Waals surface area (Å²) in [6.45, 7) is 8.38. The molecule has 0 aliphatic heterocycles. The number of carbonyl (C=O) groups excluding carboxylic acids is 1. The molecule has 0 N–H and O–H groups in total. The maximum atomic E-state index is 12.1. The van der Waals surface area contributed by atoms with Gasteiger partial charge in [0.2, 0.25) is 0 Å². The fourth-order valence-corrected chi connectivity index (χ4v) is 2.64. The second-order valence-electron chi connectivity index (χ2n) is 4.17. The van der Waals surface area contributed by atoms with Gasteiger partial charge >= 0.3 is 0 Å². The zero-order chi connectivity index (χ0) is 13.0. The number of likely N-dealkylation sites (N-methyl/N-ethyl adjacent to an activating group) is 1. The minimum absolute atomic E-state index is 0.0328. The van der Waals surface area contributed by atoms with Crippen LogP contribution in [0, 0.1) is 6.92 Å². The van der Waals surface area contributed by atoms with Crippen LogP contribution >= 0.6 is 11.3 Å². The molecule has 4 heteroatoms. The number of hydrogen-bond acceptors (Lipinski definition) is 3. The summed E-state index contributed by atoms with van der Waals surface area (Å²) in [5.74, 6) is 0.0328. The summed E-state index contributed by atoms with van der Waals surface area (Å²) in [5, 5.41) is 0. The Kier molecular flexibility index (Phi) is 5.15. The van der Waals surface area contributed by atoms with Gasteiger partial charge in [0.05, 0.1) is 6.04 Å². The molecule has 0 aliphatic carbocycles. The minimum atomic E-state index is -0.367. The van der Waals surface area contributed by atoms with E-state index in [0.29, 0.717) is 6.61 Å². The summed E-state index contributed by atoms with van der Waals surface area (Å²) in [6.07, 6.45) is -0.367. The first-order valence-electron chi connectivity index (χ1n) is 5.92. The van der Waals surface area contributed by atoms with Gasteiger partial charge in [-0.05, 0) is 39.8 Å². The van der Waals surface area contributed by atoms with Crippen molar-refractivity contribution in [1.82, 2.24) is 4.90 Å². The lowest BCUT2D eigenvalue weighted by Gasteiger charge is -2.26. The molecule has 0 aliphatic rings. The lowest BCUT2D eigenvalue weighted by Crippen LogP contribution is -2.37. The van der Waals surface area contributed by atoms with Gasteiger partial charge in [-0.1, -0.05) is 0 Å². The summed E-state index contributed by atoms with van der Waals surface area (Å²) >= 11 is 1.73. The Morgan fingerprint density at radius 3 is 2.59 bits per heavy atom. The van der Waals surface area contributed by atoms with E-state index >= 15 is 0 Å². The average Bonchev–Trinajstić information content (AvgIpc) is 2.73. The standard InChI is InChI=1S/C13H21NO2S/c1-6-16-11(4)13(15)14(5)10(3)12-8-7-9(2)17-12/h7-8,10-11H,6H2,1-5H3. The summed E-state index contributed by atoms with van der Waals surface area (Å²) in [4.78, 5) is 16.3. The highest BCUT2D eigenvalue weighted by atomic mass is 32.1. The first-order valence-corrected chi connectivity index (χ1v) is 6.73. The molecule has 2 unspecified atom stereocenters. The predicted octanol–water partition coefficient (Wildman–Crippen LogP) is 3.00. The molecule has 0 fully saturated rings. The molecule has 0 aromatic carbocycles. The Labute approximate surface area is 107 Å². The van der Waals surface area contributed by atoms with Gasteiger partial charge < -0.3 is 9.64 Å². The van der Waals surface area contributed by atoms with Gasteiger partial charge in [-0.2, -0.15) is 0 Å². The van der Waals surface area contributed by atoms with E-state index in [1.807, 2.05) is 20.9 Å². The van der Waals surface area contributed by atoms with Crippen molar-refractivity contribution in [2.45, 2.75) is 39.8 Å². The minimum Gasteiger partial charge on any atom is -0.369 e. The maximum absolute atomic E-state index is 12.1. The van der Waals surface area contributed by atoms with E-state index in [9.17, 15) is 4.79 Å². The molecule has 17 heavy (non-hydrogen) atoms. The van der Waals surface area contributed by atoms with Crippen molar-refractivity contribution in [2.24, 2.45) is 0 Å². The van der Waals surface area contributed by atoms with Crippen LogP contribution in [0.2, 0.25) is 0 Å². The van der Waals surface area contributed by atoms with Crippen molar-refractivity contribution in [3.63, 3.8) is 0 Å². The second kappa shape index (κ2) is 6.17. The molecule has 0 saturated heterocycles. The Bertz CT molecular complexity index is 375. The highest BCUT2D eigenvalue weighted by Crippen LogP contribution is 2.26. The molecule has 0 radical (unpaired) electrons. The fraction of sp³-hybridized carbons (Fsp3) is 0.615. The molecule has 2 atom stereocenters. The molecule has 0 spiro atoms. The van der Waals surface area contributed by atoms with Crippen LogP contribution in [-0.2, 0) is 9.53 Å². The number of nitrogens with zero attached hydrogens (tertiary/aromatic N) is 1. The third kappa shape index (κ3) is 3.54. The molecular formula is C13H21NO2S. The van der Waals surface area contributed by atoms with Crippen molar-refractivity contribution in [1.29, 1.82) is 0 Å². The van der Waals surface area contributed by atoms with Crippen LogP contribution in [0.25, 0.3) is 0 Å². The number of amides is 1. The second-order valence-corrected chi connectivity index (χ2v) is 5.49. The third-order valence-electron chi connectivity index (χ3n) is 2.87. The van der Waals surface area contributed by atoms with E-state index in [2.05, 4.69) is 19.1 Å². The van der Waals surface area contributed by atoms with Gasteiger partial charge in [0, 0.05) is 23.4 Å². The highest BCUT2D eigenvalue weighted by molar-refractivity contribution is 7.12. The van der Waals surface area contributed by atoms with Crippen LogP contribution in [0.5, 0.6) is 0 Å². The van der Waals surface area contributed by atoms with Crippen LogP contribution in [0.15, 0.2) is 12.1 Å². The number of thiophene rings is 1. The Morgan fingerprint density at radius 1 is 1.47 bits per heavy atom. The summed E-state index contributed by atoms with van der Waals surface area (Å²) < 4.78 is 5.33. The number of ether oxygens (including phenoxy) is 1. The quantitative estimate of drug-likeness (QED) is 0.809. The molecule has 1 amide bonds. The van der Waals surface area contributed by atoms with Gasteiger partial charge in [-0.15, -0.1) is 11.3 Å². The van der Waals surface area contributed by atoms with Crippen LogP contribution in [-0.4, -0.2) is 30.6 Å². The van der Waals surface area contributed by atoms with Gasteiger partial charge in [-0.3, -0.25) is 4.79 Å². The number of aryl methyl sites for hydroxylation is 1. The molecule has 1 rings (SSSR count). The maximum Gasteiger partial charge on any atom is 0.251 e. The van der Waals surface area contributed by atoms with Crippen molar-refractivity contribution < 1.29 is 9.53 Å². The zero-order valence-electron chi connectivity index (χ0n) is 11.2. The van der Waals surface area contributed by atoms with E-state index in [1.165, 1.54) is 9.75 Å². The van der Waals surface area contributed by atoms with Gasteiger partial charge in [0.25, 0.3) is 5.91 Å². The Morgan fingerprint density at radius 2 is 2.12 bits per heavy atom. The smallest absolute Gasteiger partial charge is 0.251 e. The van der Waals surface area contributed by atoms with E-state index < -0.39 is 0 Å². The Hall–Kier alpha value is -0.870. The first-order chi connectivity index (χ1) is 7.97. The molecule has 0 saturated carbocycles. The molecule has 0 bridgehead atoms. The van der Waals surface area contributed by atoms with Crippen molar-refractivity contribution in [3.05, 3.63) is 21.9 Å². The van der Waals surface area contributed by atoms with Crippen LogP contribution in [0.4, 0.5) is 0 Å². The summed E-state index contributed by atoms with van der Waals surface area (Å²) in [6, 6.07) is 4.27. The number of hydrogen-bond donors (Lipinski definition) is 0. The number of rotatable bonds is 5. The monoisotopic (exact) mass is 255 g/mol. The Balaban J connectivity index is 2.69. The molecule has 1 aromatic rings. The molecular weight excluding hydrogens is 234 g/mol. The molecule has 3 nitrogen and oxygen atoms in total. The lowest BCUT2D eigenvalue weighted by atomic mass is 10.2. The van der Waals surface area contributed by atoms with E-state index in [-0.39, 0.29) is 18.1 Å². The van der Waals surface area contributed by atoms with Gasteiger partial charge in [0.1, 0.15) is 6.10 Å².